The predicted molar refractivity (Wildman–Crippen MR) is 95.8 cm³/mol. The first-order chi connectivity index (χ1) is 12.2. The van der Waals surface area contributed by atoms with Crippen LogP contribution in [0.25, 0.3) is 0 Å². The lowest BCUT2D eigenvalue weighted by molar-refractivity contribution is -0.120. The molecule has 25 heavy (non-hydrogen) atoms. The fourth-order valence-electron chi connectivity index (χ4n) is 2.16. The van der Waals surface area contributed by atoms with Crippen molar-refractivity contribution in [1.29, 1.82) is 5.26 Å². The Balaban J connectivity index is 1.76. The molecule has 0 spiro atoms. The van der Waals surface area contributed by atoms with Gasteiger partial charge >= 0.3 is 0 Å². The summed E-state index contributed by atoms with van der Waals surface area (Å²) in [6.45, 7) is 1.28. The number of ether oxygens (including phenoxy) is 2. The largest absolute Gasteiger partial charge is 0.490 e. The van der Waals surface area contributed by atoms with E-state index in [1.807, 2.05) is 30.3 Å². The minimum Gasteiger partial charge on any atom is -0.490 e. The van der Waals surface area contributed by atoms with E-state index < -0.39 is 0 Å². The molecule has 0 radical (unpaired) electrons. The van der Waals surface area contributed by atoms with Crippen molar-refractivity contribution in [1.82, 2.24) is 5.32 Å². The number of halogens is 1. The van der Waals surface area contributed by atoms with Crippen molar-refractivity contribution in [3.63, 3.8) is 0 Å². The molecule has 0 saturated heterocycles. The van der Waals surface area contributed by atoms with Crippen LogP contribution < -0.4 is 14.8 Å². The van der Waals surface area contributed by atoms with Crippen molar-refractivity contribution in [2.24, 2.45) is 0 Å². The molecule has 0 saturated carbocycles. The third-order valence-corrected chi connectivity index (χ3v) is 3.60. The van der Waals surface area contributed by atoms with Crippen LogP contribution in [0.3, 0.4) is 0 Å². The number of nitrogens with one attached hydrogen (secondary N) is 1. The van der Waals surface area contributed by atoms with Crippen molar-refractivity contribution in [3.05, 3.63) is 59.1 Å². The minimum atomic E-state index is -0.266. The number of hydrogen-bond acceptors (Lipinski definition) is 4. The standard InChI is InChI=1S/C19H19ClN2O3/c20-16-5-7-17(8-6-16)24-13-14-25-18-4-2-1-3-15(18)10-12-22-19(23)9-11-21/h1-8H,9-10,12-14H2,(H,22,23). The van der Waals surface area contributed by atoms with Gasteiger partial charge in [0, 0.05) is 11.6 Å². The number of rotatable bonds is 9. The number of nitrogens with zero attached hydrogens (tertiary/aromatic N) is 1. The molecule has 0 aliphatic rings. The molecule has 130 valence electrons. The Bertz CT molecular complexity index is 726. The van der Waals surface area contributed by atoms with Gasteiger partial charge in [0.2, 0.25) is 5.91 Å². The van der Waals surface area contributed by atoms with Crippen LogP contribution in [0.1, 0.15) is 12.0 Å². The molecule has 0 atom stereocenters. The minimum absolute atomic E-state index is 0.125. The Morgan fingerprint density at radius 2 is 1.80 bits per heavy atom. The number of amides is 1. The third-order valence-electron chi connectivity index (χ3n) is 3.35. The van der Waals surface area contributed by atoms with Crippen molar-refractivity contribution in [2.75, 3.05) is 19.8 Å². The average molecular weight is 359 g/mol. The molecule has 0 unspecified atom stereocenters. The monoisotopic (exact) mass is 358 g/mol. The van der Waals surface area contributed by atoms with Crippen LogP contribution in [0.2, 0.25) is 5.02 Å². The van der Waals surface area contributed by atoms with Crippen LogP contribution in [-0.2, 0) is 11.2 Å². The Kier molecular flexibility index (Phi) is 7.61. The summed E-state index contributed by atoms with van der Waals surface area (Å²) in [6, 6.07) is 16.6. The molecule has 0 heterocycles. The Hall–Kier alpha value is -2.71. The summed E-state index contributed by atoms with van der Waals surface area (Å²) in [5.41, 5.74) is 0.992. The molecule has 0 bridgehead atoms. The zero-order valence-corrected chi connectivity index (χ0v) is 14.5. The van der Waals surface area contributed by atoms with Gasteiger partial charge in [-0.1, -0.05) is 29.8 Å². The quantitative estimate of drug-likeness (QED) is 0.697. The number of carbonyl (C=O) groups is 1. The maximum atomic E-state index is 11.3. The summed E-state index contributed by atoms with van der Waals surface area (Å²) in [6.07, 6.45) is 0.506. The van der Waals surface area contributed by atoms with E-state index in [4.69, 9.17) is 26.3 Å². The first-order valence-electron chi connectivity index (χ1n) is 7.92. The SMILES string of the molecule is N#CCC(=O)NCCc1ccccc1OCCOc1ccc(Cl)cc1. The van der Waals surface area contributed by atoms with E-state index >= 15 is 0 Å². The van der Waals surface area contributed by atoms with Crippen LogP contribution in [0.4, 0.5) is 0 Å². The van der Waals surface area contributed by atoms with Gasteiger partial charge in [-0.05, 0) is 42.3 Å². The molecule has 1 amide bonds. The average Bonchev–Trinajstić information content (AvgIpc) is 2.61. The van der Waals surface area contributed by atoms with E-state index in [2.05, 4.69) is 5.32 Å². The number of para-hydroxylation sites is 1. The van der Waals surface area contributed by atoms with Crippen LogP contribution in [0.5, 0.6) is 11.5 Å². The lowest BCUT2D eigenvalue weighted by Crippen LogP contribution is -2.25. The van der Waals surface area contributed by atoms with Gasteiger partial charge in [-0.25, -0.2) is 0 Å². The van der Waals surface area contributed by atoms with Crippen LogP contribution >= 0.6 is 11.6 Å². The van der Waals surface area contributed by atoms with Gasteiger partial charge in [0.1, 0.15) is 31.1 Å². The maximum absolute atomic E-state index is 11.3. The van der Waals surface area contributed by atoms with E-state index in [1.54, 1.807) is 24.3 Å². The van der Waals surface area contributed by atoms with Crippen molar-refractivity contribution in [3.8, 4) is 17.6 Å². The molecule has 5 nitrogen and oxygen atoms in total. The van der Waals surface area contributed by atoms with Gasteiger partial charge in [0.15, 0.2) is 0 Å². The molecule has 2 aromatic carbocycles. The highest BCUT2D eigenvalue weighted by atomic mass is 35.5. The summed E-state index contributed by atoms with van der Waals surface area (Å²) >= 11 is 5.83. The molecule has 2 aromatic rings. The van der Waals surface area contributed by atoms with Crippen molar-refractivity contribution in [2.45, 2.75) is 12.8 Å². The second kappa shape index (κ2) is 10.2. The van der Waals surface area contributed by atoms with Gasteiger partial charge in [0.05, 0.1) is 6.07 Å². The van der Waals surface area contributed by atoms with Gasteiger partial charge in [-0.3, -0.25) is 4.79 Å². The predicted octanol–water partition coefficient (Wildman–Crippen LogP) is 3.37. The first-order valence-corrected chi connectivity index (χ1v) is 8.29. The van der Waals surface area contributed by atoms with E-state index in [1.165, 1.54) is 0 Å². The Labute approximate surface area is 152 Å². The number of carbonyl (C=O) groups excluding carboxylic acids is 1. The molecule has 0 aromatic heterocycles. The molecule has 0 fully saturated rings. The second-order valence-corrected chi connectivity index (χ2v) is 5.63. The van der Waals surface area contributed by atoms with Gasteiger partial charge in [-0.15, -0.1) is 0 Å². The van der Waals surface area contributed by atoms with Crippen LogP contribution in [-0.4, -0.2) is 25.7 Å². The van der Waals surface area contributed by atoms with E-state index in [0.29, 0.717) is 31.2 Å². The smallest absolute Gasteiger partial charge is 0.234 e. The lowest BCUT2D eigenvalue weighted by Gasteiger charge is -2.12. The third kappa shape index (κ3) is 6.74. The summed E-state index contributed by atoms with van der Waals surface area (Å²) in [7, 11) is 0. The zero-order chi connectivity index (χ0) is 17.9. The van der Waals surface area contributed by atoms with E-state index in [-0.39, 0.29) is 12.3 Å². The number of nitriles is 1. The number of benzene rings is 2. The second-order valence-electron chi connectivity index (χ2n) is 5.19. The molecule has 0 aliphatic heterocycles. The van der Waals surface area contributed by atoms with E-state index in [0.717, 1.165) is 17.1 Å². The number of hydrogen-bond donors (Lipinski definition) is 1. The van der Waals surface area contributed by atoms with Gasteiger partial charge < -0.3 is 14.8 Å². The fraction of sp³-hybridized carbons (Fsp3) is 0.263. The Morgan fingerprint density at radius 1 is 1.08 bits per heavy atom. The normalized spacial score (nSPS) is 9.92. The molecular formula is C19H19ClN2O3. The van der Waals surface area contributed by atoms with Gasteiger partial charge in [0.25, 0.3) is 0 Å². The first kappa shape index (κ1) is 18.6. The van der Waals surface area contributed by atoms with Gasteiger partial charge in [-0.2, -0.15) is 5.26 Å². The van der Waals surface area contributed by atoms with Crippen molar-refractivity contribution >= 4 is 17.5 Å². The summed E-state index contributed by atoms with van der Waals surface area (Å²) in [5.74, 6) is 1.23. The summed E-state index contributed by atoms with van der Waals surface area (Å²) in [5, 5.41) is 11.8. The molecule has 0 aliphatic carbocycles. The van der Waals surface area contributed by atoms with E-state index in [9.17, 15) is 4.79 Å². The topological polar surface area (TPSA) is 71.4 Å². The van der Waals surface area contributed by atoms with Crippen molar-refractivity contribution < 1.29 is 14.3 Å². The molecule has 2 rings (SSSR count). The maximum Gasteiger partial charge on any atom is 0.234 e. The highest BCUT2D eigenvalue weighted by Gasteiger charge is 2.05. The molecular weight excluding hydrogens is 340 g/mol. The summed E-state index contributed by atoms with van der Waals surface area (Å²) < 4.78 is 11.4. The highest BCUT2D eigenvalue weighted by molar-refractivity contribution is 6.30. The molecule has 1 N–H and O–H groups in total. The van der Waals surface area contributed by atoms with Crippen LogP contribution in [0.15, 0.2) is 48.5 Å². The van der Waals surface area contributed by atoms with Crippen LogP contribution in [0, 0.1) is 11.3 Å². The fourth-order valence-corrected chi connectivity index (χ4v) is 2.29. The lowest BCUT2D eigenvalue weighted by atomic mass is 10.1. The summed E-state index contributed by atoms with van der Waals surface area (Å²) in [4.78, 5) is 11.3. The zero-order valence-electron chi connectivity index (χ0n) is 13.7. The highest BCUT2D eigenvalue weighted by Crippen LogP contribution is 2.19. The molecule has 6 heteroatoms. The Morgan fingerprint density at radius 3 is 2.56 bits per heavy atom.